The smallest absolute Gasteiger partial charge is 0.264 e. The standard InChI is InChI=1S/C13H18N2O2S/c1-8-3-4-10-9(5-8)6-11(18-10)13(17)15(2)7-12(14)16/h6,8H,3-5,7H2,1-2H3,(H2,14,16)/t8-/m1/s1. The number of rotatable bonds is 3. The molecule has 0 bridgehead atoms. The minimum absolute atomic E-state index is 0.0300. The van der Waals surface area contributed by atoms with Crippen LogP contribution in [-0.4, -0.2) is 30.3 Å². The van der Waals surface area contributed by atoms with Crippen LogP contribution in [0.3, 0.4) is 0 Å². The Morgan fingerprint density at radius 2 is 2.28 bits per heavy atom. The van der Waals surface area contributed by atoms with E-state index in [-0.39, 0.29) is 12.5 Å². The fourth-order valence-electron chi connectivity index (χ4n) is 2.30. The van der Waals surface area contributed by atoms with Gasteiger partial charge in [0.1, 0.15) is 0 Å². The third-order valence-corrected chi connectivity index (χ3v) is 4.50. The maximum Gasteiger partial charge on any atom is 0.264 e. The van der Waals surface area contributed by atoms with Gasteiger partial charge in [-0.1, -0.05) is 6.92 Å². The predicted molar refractivity (Wildman–Crippen MR) is 71.7 cm³/mol. The maximum atomic E-state index is 12.1. The molecule has 1 aliphatic rings. The second-order valence-corrected chi connectivity index (χ2v) is 6.17. The molecule has 2 N–H and O–H groups in total. The number of hydrogen-bond acceptors (Lipinski definition) is 3. The molecule has 0 aromatic carbocycles. The second kappa shape index (κ2) is 5.10. The zero-order valence-electron chi connectivity index (χ0n) is 10.7. The van der Waals surface area contributed by atoms with E-state index in [1.54, 1.807) is 18.4 Å². The summed E-state index contributed by atoms with van der Waals surface area (Å²) in [6.07, 6.45) is 3.31. The van der Waals surface area contributed by atoms with Gasteiger partial charge in [-0.25, -0.2) is 0 Å². The fraction of sp³-hybridized carbons (Fsp3) is 0.538. The van der Waals surface area contributed by atoms with Crippen LogP contribution in [0.15, 0.2) is 6.07 Å². The zero-order valence-corrected chi connectivity index (χ0v) is 11.5. The SMILES string of the molecule is C[C@@H]1CCc2sc(C(=O)N(C)CC(N)=O)cc2C1. The summed E-state index contributed by atoms with van der Waals surface area (Å²) < 4.78 is 0. The lowest BCUT2D eigenvalue weighted by atomic mass is 9.90. The van der Waals surface area contributed by atoms with Crippen molar-refractivity contribution < 1.29 is 9.59 Å². The van der Waals surface area contributed by atoms with Crippen molar-refractivity contribution in [3.8, 4) is 0 Å². The average molecular weight is 266 g/mol. The summed E-state index contributed by atoms with van der Waals surface area (Å²) in [7, 11) is 1.61. The lowest BCUT2D eigenvalue weighted by Crippen LogP contribution is -2.34. The lowest BCUT2D eigenvalue weighted by Gasteiger charge is -2.16. The van der Waals surface area contributed by atoms with Crippen LogP contribution in [-0.2, 0) is 17.6 Å². The van der Waals surface area contributed by atoms with Crippen molar-refractivity contribution >= 4 is 23.2 Å². The van der Waals surface area contributed by atoms with E-state index in [1.807, 2.05) is 6.07 Å². The first-order valence-electron chi connectivity index (χ1n) is 6.12. The highest BCUT2D eigenvalue weighted by molar-refractivity contribution is 7.14. The van der Waals surface area contributed by atoms with Crippen LogP contribution in [0.5, 0.6) is 0 Å². The summed E-state index contributed by atoms with van der Waals surface area (Å²) in [5.74, 6) is 0.0973. The Labute approximate surface area is 111 Å². The number of primary amides is 1. The minimum Gasteiger partial charge on any atom is -0.368 e. The van der Waals surface area contributed by atoms with Crippen LogP contribution in [0.2, 0.25) is 0 Å². The van der Waals surface area contributed by atoms with Gasteiger partial charge in [-0.15, -0.1) is 11.3 Å². The van der Waals surface area contributed by atoms with Gasteiger partial charge in [-0.3, -0.25) is 9.59 Å². The molecule has 5 heteroatoms. The number of aryl methyl sites for hydroxylation is 1. The summed E-state index contributed by atoms with van der Waals surface area (Å²) >= 11 is 1.56. The summed E-state index contributed by atoms with van der Waals surface area (Å²) in [5.41, 5.74) is 6.40. The Balaban J connectivity index is 2.14. The number of nitrogens with two attached hydrogens (primary N) is 1. The van der Waals surface area contributed by atoms with Crippen molar-refractivity contribution in [1.29, 1.82) is 0 Å². The zero-order chi connectivity index (χ0) is 13.3. The number of fused-ring (bicyclic) bond motifs is 1. The molecule has 2 amide bonds. The summed E-state index contributed by atoms with van der Waals surface area (Å²) in [4.78, 5) is 26.3. The highest BCUT2D eigenvalue weighted by Gasteiger charge is 2.22. The van der Waals surface area contributed by atoms with Crippen LogP contribution in [0, 0.1) is 5.92 Å². The van der Waals surface area contributed by atoms with E-state index >= 15 is 0 Å². The van der Waals surface area contributed by atoms with Crippen LogP contribution < -0.4 is 5.73 Å². The number of thiophene rings is 1. The molecule has 0 aliphatic heterocycles. The first kappa shape index (κ1) is 13.1. The number of carbonyl (C=O) groups excluding carboxylic acids is 2. The van der Waals surface area contributed by atoms with Crippen molar-refractivity contribution in [3.63, 3.8) is 0 Å². The predicted octanol–water partition coefficient (Wildman–Crippen LogP) is 1.43. The normalized spacial score (nSPS) is 18.2. The van der Waals surface area contributed by atoms with E-state index < -0.39 is 5.91 Å². The van der Waals surface area contributed by atoms with Crippen LogP contribution in [0.4, 0.5) is 0 Å². The Hall–Kier alpha value is -1.36. The third-order valence-electron chi connectivity index (χ3n) is 3.28. The number of hydrogen-bond donors (Lipinski definition) is 1. The van der Waals surface area contributed by atoms with E-state index in [4.69, 9.17) is 5.73 Å². The van der Waals surface area contributed by atoms with Gasteiger partial charge in [0.05, 0.1) is 11.4 Å². The monoisotopic (exact) mass is 266 g/mol. The first-order chi connectivity index (χ1) is 8.47. The summed E-state index contributed by atoms with van der Waals surface area (Å²) in [6.45, 7) is 2.21. The largest absolute Gasteiger partial charge is 0.368 e. The number of nitrogens with zero attached hydrogens (tertiary/aromatic N) is 1. The molecule has 0 radical (unpaired) electrons. The summed E-state index contributed by atoms with van der Waals surface area (Å²) in [6, 6.07) is 1.98. The fourth-order valence-corrected chi connectivity index (χ4v) is 3.51. The third kappa shape index (κ3) is 2.72. The van der Waals surface area contributed by atoms with Gasteiger partial charge in [0.2, 0.25) is 5.91 Å². The van der Waals surface area contributed by atoms with Gasteiger partial charge in [-0.2, -0.15) is 0 Å². The first-order valence-corrected chi connectivity index (χ1v) is 6.94. The topological polar surface area (TPSA) is 63.4 Å². The van der Waals surface area contributed by atoms with Gasteiger partial charge in [-0.05, 0) is 36.8 Å². The Kier molecular flexibility index (Phi) is 3.71. The molecule has 4 nitrogen and oxygen atoms in total. The Morgan fingerprint density at radius 3 is 2.94 bits per heavy atom. The molecule has 1 aromatic rings. The second-order valence-electron chi connectivity index (χ2n) is 5.03. The van der Waals surface area contributed by atoms with Crippen molar-refractivity contribution in [2.75, 3.05) is 13.6 Å². The molecule has 0 unspecified atom stereocenters. The Morgan fingerprint density at radius 1 is 1.56 bits per heavy atom. The number of likely N-dealkylation sites (N-methyl/N-ethyl adjacent to an activating group) is 1. The Bertz CT molecular complexity index is 481. The molecule has 1 aromatic heterocycles. The van der Waals surface area contributed by atoms with Crippen molar-refractivity contribution in [2.24, 2.45) is 11.7 Å². The molecule has 18 heavy (non-hydrogen) atoms. The van der Waals surface area contributed by atoms with Gasteiger partial charge < -0.3 is 10.6 Å². The number of amides is 2. The molecular weight excluding hydrogens is 248 g/mol. The molecule has 0 saturated heterocycles. The molecule has 1 atom stereocenters. The van der Waals surface area contributed by atoms with E-state index in [0.29, 0.717) is 5.92 Å². The van der Waals surface area contributed by atoms with Crippen molar-refractivity contribution in [2.45, 2.75) is 26.2 Å². The molecule has 98 valence electrons. The summed E-state index contributed by atoms with van der Waals surface area (Å²) in [5, 5.41) is 0. The van der Waals surface area contributed by atoms with Crippen LogP contribution >= 0.6 is 11.3 Å². The number of carbonyl (C=O) groups is 2. The van der Waals surface area contributed by atoms with E-state index in [1.165, 1.54) is 21.8 Å². The molecule has 2 rings (SSSR count). The van der Waals surface area contributed by atoms with Crippen LogP contribution in [0.1, 0.15) is 33.5 Å². The maximum absolute atomic E-state index is 12.1. The van der Waals surface area contributed by atoms with Crippen LogP contribution in [0.25, 0.3) is 0 Å². The molecule has 1 heterocycles. The van der Waals surface area contributed by atoms with Gasteiger partial charge in [0.25, 0.3) is 5.91 Å². The highest BCUT2D eigenvalue weighted by atomic mass is 32.1. The van der Waals surface area contributed by atoms with E-state index in [2.05, 4.69) is 6.92 Å². The molecule has 0 saturated carbocycles. The van der Waals surface area contributed by atoms with E-state index in [0.717, 1.165) is 17.7 Å². The molecular formula is C13H18N2O2S. The minimum atomic E-state index is -0.485. The van der Waals surface area contributed by atoms with Crippen molar-refractivity contribution in [3.05, 3.63) is 21.4 Å². The quantitative estimate of drug-likeness (QED) is 0.899. The molecule has 0 spiro atoms. The van der Waals surface area contributed by atoms with Gasteiger partial charge >= 0.3 is 0 Å². The molecule has 1 aliphatic carbocycles. The lowest BCUT2D eigenvalue weighted by molar-refractivity contribution is -0.118. The molecule has 0 fully saturated rings. The van der Waals surface area contributed by atoms with Gasteiger partial charge in [0, 0.05) is 11.9 Å². The highest BCUT2D eigenvalue weighted by Crippen LogP contribution is 2.32. The average Bonchev–Trinajstić information content (AvgIpc) is 2.69. The van der Waals surface area contributed by atoms with E-state index in [9.17, 15) is 9.59 Å². The van der Waals surface area contributed by atoms with Gasteiger partial charge in [0.15, 0.2) is 0 Å². The van der Waals surface area contributed by atoms with Crippen molar-refractivity contribution in [1.82, 2.24) is 4.90 Å².